The van der Waals surface area contributed by atoms with Crippen LogP contribution in [0.4, 0.5) is 0 Å². The predicted octanol–water partition coefficient (Wildman–Crippen LogP) is 3.47. The molecule has 0 aliphatic heterocycles. The molecule has 2 N–H and O–H groups in total. The average molecular weight is 268 g/mol. The summed E-state index contributed by atoms with van der Waals surface area (Å²) in [5.41, 5.74) is 2.12. The molecule has 20 heavy (non-hydrogen) atoms. The Morgan fingerprint density at radius 2 is 1.50 bits per heavy atom. The first-order valence-corrected chi connectivity index (χ1v) is 6.65. The van der Waals surface area contributed by atoms with E-state index in [2.05, 4.69) is 0 Å². The number of carbonyl (C=O) groups is 1. The van der Waals surface area contributed by atoms with Gasteiger partial charge in [0.05, 0.1) is 5.54 Å². The Hall–Kier alpha value is -2.13. The van der Waals surface area contributed by atoms with Crippen molar-refractivity contribution in [2.75, 3.05) is 0 Å². The van der Waals surface area contributed by atoms with E-state index >= 15 is 0 Å². The second kappa shape index (κ2) is 5.47. The quantitative estimate of drug-likeness (QED) is 0.515. The summed E-state index contributed by atoms with van der Waals surface area (Å²) in [5.74, 6) is 5.79. The number of hydrogen-bond donors (Lipinski definition) is 1. The fraction of sp³-hybridized carbons (Fsp3) is 0.235. The van der Waals surface area contributed by atoms with Gasteiger partial charge in [0.15, 0.2) is 0 Å². The molecule has 0 aromatic heterocycles. The van der Waals surface area contributed by atoms with Crippen LogP contribution in [0.25, 0.3) is 11.1 Å². The van der Waals surface area contributed by atoms with E-state index in [0.717, 1.165) is 11.1 Å². The first-order valence-electron chi connectivity index (χ1n) is 6.65. The third-order valence-corrected chi connectivity index (χ3v) is 3.18. The molecule has 0 aliphatic carbocycles. The van der Waals surface area contributed by atoms with Crippen LogP contribution < -0.4 is 5.84 Å². The van der Waals surface area contributed by atoms with Crippen molar-refractivity contribution in [2.24, 2.45) is 5.84 Å². The normalized spacial score (nSPS) is 11.2. The molecule has 0 bridgehead atoms. The fourth-order valence-corrected chi connectivity index (χ4v) is 1.97. The number of benzene rings is 2. The van der Waals surface area contributed by atoms with Gasteiger partial charge in [-0.25, -0.2) is 5.84 Å². The topological polar surface area (TPSA) is 46.3 Å². The summed E-state index contributed by atoms with van der Waals surface area (Å²) < 4.78 is 0. The average Bonchev–Trinajstić information content (AvgIpc) is 2.45. The molecule has 2 aromatic carbocycles. The zero-order valence-corrected chi connectivity index (χ0v) is 12.1. The molecule has 0 atom stereocenters. The second-order valence-corrected chi connectivity index (χ2v) is 5.76. The Bertz CT molecular complexity index is 600. The van der Waals surface area contributed by atoms with Crippen LogP contribution in [0, 0.1) is 0 Å². The van der Waals surface area contributed by atoms with Crippen molar-refractivity contribution in [3.05, 3.63) is 60.2 Å². The number of hydrogen-bond acceptors (Lipinski definition) is 2. The maximum Gasteiger partial charge on any atom is 0.268 e. The molecule has 2 rings (SSSR count). The minimum absolute atomic E-state index is 0.169. The van der Waals surface area contributed by atoms with Crippen molar-refractivity contribution < 1.29 is 4.79 Å². The minimum atomic E-state index is -0.416. The molecule has 0 aliphatic rings. The van der Waals surface area contributed by atoms with Crippen LogP contribution in [-0.2, 0) is 0 Å². The van der Waals surface area contributed by atoms with Gasteiger partial charge in [0.1, 0.15) is 0 Å². The highest BCUT2D eigenvalue weighted by Gasteiger charge is 2.26. The summed E-state index contributed by atoms with van der Waals surface area (Å²) in [4.78, 5) is 12.6. The maximum absolute atomic E-state index is 12.6. The van der Waals surface area contributed by atoms with Gasteiger partial charge < -0.3 is 0 Å². The molecule has 3 nitrogen and oxygen atoms in total. The van der Waals surface area contributed by atoms with Crippen molar-refractivity contribution in [1.82, 2.24) is 5.01 Å². The van der Waals surface area contributed by atoms with Crippen LogP contribution in [0.1, 0.15) is 31.1 Å². The summed E-state index contributed by atoms with van der Waals surface area (Å²) in [7, 11) is 0. The SMILES string of the molecule is CC(C)(C)N(N)C(=O)c1ccccc1-c1ccccc1. The molecule has 0 fully saturated rings. The zero-order valence-electron chi connectivity index (χ0n) is 12.1. The van der Waals surface area contributed by atoms with Gasteiger partial charge in [-0.15, -0.1) is 0 Å². The number of amides is 1. The lowest BCUT2D eigenvalue weighted by atomic mass is 9.98. The van der Waals surface area contributed by atoms with Crippen LogP contribution in [0.2, 0.25) is 0 Å². The summed E-state index contributed by atoms with van der Waals surface area (Å²) >= 11 is 0. The Labute approximate surface area is 120 Å². The van der Waals surface area contributed by atoms with Gasteiger partial charge >= 0.3 is 0 Å². The van der Waals surface area contributed by atoms with Crippen LogP contribution >= 0.6 is 0 Å². The fourth-order valence-electron chi connectivity index (χ4n) is 1.97. The van der Waals surface area contributed by atoms with E-state index in [9.17, 15) is 4.79 Å². The molecule has 0 heterocycles. The highest BCUT2D eigenvalue weighted by atomic mass is 16.2. The largest absolute Gasteiger partial charge is 0.271 e. The van der Waals surface area contributed by atoms with Gasteiger partial charge in [-0.2, -0.15) is 0 Å². The number of rotatable bonds is 2. The molecule has 0 saturated carbocycles. The number of nitrogens with zero attached hydrogens (tertiary/aromatic N) is 1. The van der Waals surface area contributed by atoms with Crippen molar-refractivity contribution in [2.45, 2.75) is 26.3 Å². The molecule has 2 aromatic rings. The van der Waals surface area contributed by atoms with E-state index in [4.69, 9.17) is 5.84 Å². The Morgan fingerprint density at radius 1 is 0.950 bits per heavy atom. The lowest BCUT2D eigenvalue weighted by Gasteiger charge is -2.31. The highest BCUT2D eigenvalue weighted by molar-refractivity contribution is 6.00. The third kappa shape index (κ3) is 2.89. The van der Waals surface area contributed by atoms with E-state index in [-0.39, 0.29) is 5.91 Å². The number of hydrazine groups is 1. The van der Waals surface area contributed by atoms with E-state index < -0.39 is 5.54 Å². The molecule has 0 saturated heterocycles. The van der Waals surface area contributed by atoms with E-state index in [1.54, 1.807) is 0 Å². The summed E-state index contributed by atoms with van der Waals surface area (Å²) in [6.45, 7) is 5.74. The second-order valence-electron chi connectivity index (χ2n) is 5.76. The van der Waals surface area contributed by atoms with Crippen molar-refractivity contribution >= 4 is 5.91 Å². The van der Waals surface area contributed by atoms with E-state index in [1.165, 1.54) is 5.01 Å². The van der Waals surface area contributed by atoms with Crippen molar-refractivity contribution in [3.63, 3.8) is 0 Å². The Kier molecular flexibility index (Phi) is 3.91. The summed E-state index contributed by atoms with van der Waals surface area (Å²) in [6.07, 6.45) is 0. The highest BCUT2D eigenvalue weighted by Crippen LogP contribution is 2.25. The van der Waals surface area contributed by atoms with Gasteiger partial charge in [-0.1, -0.05) is 48.5 Å². The van der Waals surface area contributed by atoms with E-state index in [1.807, 2.05) is 75.4 Å². The monoisotopic (exact) mass is 268 g/mol. The number of nitrogens with two attached hydrogens (primary N) is 1. The van der Waals surface area contributed by atoms with Crippen LogP contribution in [0.3, 0.4) is 0 Å². The number of carbonyl (C=O) groups excluding carboxylic acids is 1. The molecule has 0 unspecified atom stereocenters. The van der Waals surface area contributed by atoms with Crippen LogP contribution in [0.5, 0.6) is 0 Å². The standard InChI is InChI=1S/C17H20N2O/c1-17(2,3)19(18)16(20)15-12-8-7-11-14(15)13-9-5-4-6-10-13/h4-12H,18H2,1-3H3. The van der Waals surface area contributed by atoms with Crippen molar-refractivity contribution in [3.8, 4) is 11.1 Å². The van der Waals surface area contributed by atoms with Crippen LogP contribution in [-0.4, -0.2) is 16.5 Å². The molecule has 3 heteroatoms. The first kappa shape index (κ1) is 14.3. The first-order chi connectivity index (χ1) is 9.41. The smallest absolute Gasteiger partial charge is 0.268 e. The molecule has 0 radical (unpaired) electrons. The van der Waals surface area contributed by atoms with Crippen LogP contribution in [0.15, 0.2) is 54.6 Å². The zero-order chi connectivity index (χ0) is 14.8. The van der Waals surface area contributed by atoms with Gasteiger partial charge in [0.25, 0.3) is 5.91 Å². The van der Waals surface area contributed by atoms with Gasteiger partial charge in [0.2, 0.25) is 0 Å². The van der Waals surface area contributed by atoms with Gasteiger partial charge in [-0.05, 0) is 38.0 Å². The molecule has 1 amide bonds. The Balaban J connectivity index is 2.46. The van der Waals surface area contributed by atoms with Crippen molar-refractivity contribution in [1.29, 1.82) is 0 Å². The molecular weight excluding hydrogens is 248 g/mol. The molecular formula is C17H20N2O. The van der Waals surface area contributed by atoms with Gasteiger partial charge in [-0.3, -0.25) is 9.80 Å². The summed E-state index contributed by atoms with van der Waals surface area (Å²) in [6, 6.07) is 17.4. The molecule has 0 spiro atoms. The molecule has 104 valence electrons. The van der Waals surface area contributed by atoms with Gasteiger partial charge in [0, 0.05) is 5.56 Å². The lowest BCUT2D eigenvalue weighted by molar-refractivity contribution is 0.0582. The minimum Gasteiger partial charge on any atom is -0.271 e. The maximum atomic E-state index is 12.6. The Morgan fingerprint density at radius 3 is 2.10 bits per heavy atom. The summed E-state index contributed by atoms with van der Waals surface area (Å²) in [5, 5.41) is 1.29. The van der Waals surface area contributed by atoms with E-state index in [0.29, 0.717) is 5.56 Å². The third-order valence-electron chi connectivity index (χ3n) is 3.18. The predicted molar refractivity (Wildman–Crippen MR) is 82.0 cm³/mol. The lowest BCUT2D eigenvalue weighted by Crippen LogP contribution is -2.50.